The molecule has 2 atom stereocenters. The molecule has 0 saturated carbocycles. The van der Waals surface area contributed by atoms with Gasteiger partial charge in [0, 0.05) is 57.8 Å². The molecule has 2 fully saturated rings. The van der Waals surface area contributed by atoms with E-state index in [-0.39, 0.29) is 18.0 Å². The smallest absolute Gasteiger partial charge is 0.320 e. The summed E-state index contributed by atoms with van der Waals surface area (Å²) in [6.07, 6.45) is 1.22. The number of hydrogen-bond acceptors (Lipinski definition) is 4. The standard InChI is InChI=1S/C24H32N4O3S/c1-25(17-20-9-5-3-6-10-20)23-19-27(18-22(23)21-11-7-4-8-12-21)24(29)26-13-15-28(16-14-26)32(2,30)31/h3-12,22-23H,13-19H2,1-2H3. The molecule has 0 spiro atoms. The molecular formula is C24H32N4O3S. The number of hydrogen-bond donors (Lipinski definition) is 0. The zero-order valence-corrected chi connectivity index (χ0v) is 19.6. The zero-order chi connectivity index (χ0) is 22.7. The number of carbonyl (C=O) groups is 1. The molecule has 172 valence electrons. The van der Waals surface area contributed by atoms with E-state index in [0.29, 0.717) is 39.3 Å². The van der Waals surface area contributed by atoms with Crippen molar-refractivity contribution in [3.05, 3.63) is 71.8 Å². The molecule has 7 nitrogen and oxygen atoms in total. The Morgan fingerprint density at radius 2 is 1.50 bits per heavy atom. The highest BCUT2D eigenvalue weighted by Gasteiger charge is 2.40. The molecule has 2 aromatic rings. The number of nitrogens with zero attached hydrogens (tertiary/aromatic N) is 4. The van der Waals surface area contributed by atoms with E-state index < -0.39 is 10.0 Å². The summed E-state index contributed by atoms with van der Waals surface area (Å²) in [7, 11) is -1.08. The monoisotopic (exact) mass is 456 g/mol. The van der Waals surface area contributed by atoms with Crippen LogP contribution in [0.3, 0.4) is 0 Å². The molecule has 0 bridgehead atoms. The summed E-state index contributed by atoms with van der Waals surface area (Å²) in [6, 6.07) is 21.0. The van der Waals surface area contributed by atoms with Crippen LogP contribution in [0, 0.1) is 0 Å². The molecule has 2 unspecified atom stereocenters. The summed E-state index contributed by atoms with van der Waals surface area (Å²) >= 11 is 0. The minimum atomic E-state index is -3.21. The Bertz CT molecular complexity index is 1010. The molecule has 2 saturated heterocycles. The number of rotatable bonds is 5. The second kappa shape index (κ2) is 9.60. The molecule has 2 aliphatic heterocycles. The van der Waals surface area contributed by atoms with Crippen LogP contribution in [0.2, 0.25) is 0 Å². The van der Waals surface area contributed by atoms with Gasteiger partial charge in [-0.1, -0.05) is 60.7 Å². The second-order valence-electron chi connectivity index (χ2n) is 8.82. The minimum Gasteiger partial charge on any atom is -0.322 e. The van der Waals surface area contributed by atoms with Crippen molar-refractivity contribution in [3.8, 4) is 0 Å². The lowest BCUT2D eigenvalue weighted by molar-refractivity contribution is 0.138. The van der Waals surface area contributed by atoms with Crippen LogP contribution in [-0.2, 0) is 16.6 Å². The minimum absolute atomic E-state index is 0.00898. The predicted molar refractivity (Wildman–Crippen MR) is 126 cm³/mol. The number of amides is 2. The topological polar surface area (TPSA) is 64.2 Å². The second-order valence-corrected chi connectivity index (χ2v) is 10.8. The van der Waals surface area contributed by atoms with Crippen molar-refractivity contribution in [2.45, 2.75) is 18.5 Å². The Hall–Kier alpha value is -2.42. The highest BCUT2D eigenvalue weighted by atomic mass is 32.2. The molecular weight excluding hydrogens is 424 g/mol. The highest BCUT2D eigenvalue weighted by molar-refractivity contribution is 7.88. The van der Waals surface area contributed by atoms with Crippen molar-refractivity contribution < 1.29 is 13.2 Å². The van der Waals surface area contributed by atoms with Gasteiger partial charge in [-0.05, 0) is 18.2 Å². The predicted octanol–water partition coefficient (Wildman–Crippen LogP) is 2.28. The van der Waals surface area contributed by atoms with E-state index in [4.69, 9.17) is 0 Å². The molecule has 2 aliphatic rings. The summed E-state index contributed by atoms with van der Waals surface area (Å²) in [6.45, 7) is 3.73. The van der Waals surface area contributed by atoms with E-state index in [1.54, 1.807) is 4.90 Å². The first-order valence-corrected chi connectivity index (χ1v) is 13.0. The molecule has 4 rings (SSSR count). The van der Waals surface area contributed by atoms with Crippen LogP contribution in [0.25, 0.3) is 0 Å². The Morgan fingerprint density at radius 3 is 2.09 bits per heavy atom. The van der Waals surface area contributed by atoms with E-state index in [9.17, 15) is 13.2 Å². The first-order chi connectivity index (χ1) is 15.3. The number of piperazine rings is 1. The number of likely N-dealkylation sites (N-methyl/N-ethyl adjacent to an activating group) is 1. The van der Waals surface area contributed by atoms with Gasteiger partial charge in [0.25, 0.3) is 0 Å². The largest absolute Gasteiger partial charge is 0.322 e. The third-order valence-electron chi connectivity index (χ3n) is 6.61. The average Bonchev–Trinajstić information content (AvgIpc) is 3.25. The summed E-state index contributed by atoms with van der Waals surface area (Å²) in [4.78, 5) is 19.4. The van der Waals surface area contributed by atoms with E-state index in [1.807, 2.05) is 17.0 Å². The maximum Gasteiger partial charge on any atom is 0.320 e. The quantitative estimate of drug-likeness (QED) is 0.693. The summed E-state index contributed by atoms with van der Waals surface area (Å²) in [5.41, 5.74) is 2.50. The first-order valence-electron chi connectivity index (χ1n) is 11.1. The zero-order valence-electron chi connectivity index (χ0n) is 18.8. The van der Waals surface area contributed by atoms with Gasteiger partial charge in [-0.3, -0.25) is 4.90 Å². The lowest BCUT2D eigenvalue weighted by Crippen LogP contribution is -2.53. The summed E-state index contributed by atoms with van der Waals surface area (Å²) < 4.78 is 25.0. The van der Waals surface area contributed by atoms with Crippen LogP contribution in [0.1, 0.15) is 17.0 Å². The Labute approximate surface area is 191 Å². The van der Waals surface area contributed by atoms with E-state index in [2.05, 4.69) is 60.5 Å². The SMILES string of the molecule is CN(Cc1ccccc1)C1CN(C(=O)N2CCN(S(C)(=O)=O)CC2)CC1c1ccccc1. The Balaban J connectivity index is 1.48. The van der Waals surface area contributed by atoms with E-state index in [0.717, 1.165) is 6.54 Å². The van der Waals surface area contributed by atoms with Gasteiger partial charge in [-0.2, -0.15) is 4.31 Å². The Kier molecular flexibility index (Phi) is 6.83. The summed E-state index contributed by atoms with van der Waals surface area (Å²) in [5, 5.41) is 0. The van der Waals surface area contributed by atoms with Crippen molar-refractivity contribution in [3.63, 3.8) is 0 Å². The van der Waals surface area contributed by atoms with E-state index >= 15 is 0 Å². The van der Waals surface area contributed by atoms with Gasteiger partial charge in [0.05, 0.1) is 6.26 Å². The summed E-state index contributed by atoms with van der Waals surface area (Å²) in [5.74, 6) is 0.228. The van der Waals surface area contributed by atoms with Crippen LogP contribution < -0.4 is 0 Å². The lowest BCUT2D eigenvalue weighted by atomic mass is 9.93. The molecule has 32 heavy (non-hydrogen) atoms. The van der Waals surface area contributed by atoms with Gasteiger partial charge in [0.2, 0.25) is 10.0 Å². The van der Waals surface area contributed by atoms with Crippen molar-refractivity contribution in [1.29, 1.82) is 0 Å². The molecule has 2 aromatic carbocycles. The molecule has 8 heteroatoms. The number of likely N-dealkylation sites (tertiary alicyclic amines) is 1. The van der Waals surface area contributed by atoms with E-state index in [1.165, 1.54) is 21.7 Å². The van der Waals surface area contributed by atoms with Gasteiger partial charge in [0.15, 0.2) is 0 Å². The first kappa shape index (κ1) is 22.8. The molecule has 0 N–H and O–H groups in total. The fraction of sp³-hybridized carbons (Fsp3) is 0.458. The van der Waals surface area contributed by atoms with Crippen LogP contribution in [0.5, 0.6) is 0 Å². The van der Waals surface area contributed by atoms with Gasteiger partial charge >= 0.3 is 6.03 Å². The lowest BCUT2D eigenvalue weighted by Gasteiger charge is -2.35. The fourth-order valence-corrected chi connectivity index (χ4v) is 5.64. The maximum absolute atomic E-state index is 13.3. The molecule has 0 radical (unpaired) electrons. The molecule has 0 aromatic heterocycles. The highest BCUT2D eigenvalue weighted by Crippen LogP contribution is 2.32. The van der Waals surface area contributed by atoms with Crippen molar-refractivity contribution in [2.75, 3.05) is 52.6 Å². The van der Waals surface area contributed by atoms with Crippen molar-refractivity contribution >= 4 is 16.1 Å². The molecule has 2 amide bonds. The number of benzene rings is 2. The van der Waals surface area contributed by atoms with Gasteiger partial charge in [-0.25, -0.2) is 13.2 Å². The van der Waals surface area contributed by atoms with Gasteiger partial charge < -0.3 is 9.80 Å². The number of urea groups is 1. The van der Waals surface area contributed by atoms with Gasteiger partial charge in [0.1, 0.15) is 0 Å². The normalized spacial score (nSPS) is 22.5. The van der Waals surface area contributed by atoms with Crippen LogP contribution in [0.4, 0.5) is 4.79 Å². The van der Waals surface area contributed by atoms with Crippen molar-refractivity contribution in [2.24, 2.45) is 0 Å². The third-order valence-corrected chi connectivity index (χ3v) is 7.91. The third kappa shape index (κ3) is 5.14. The number of sulfonamides is 1. The van der Waals surface area contributed by atoms with Crippen LogP contribution >= 0.6 is 0 Å². The maximum atomic E-state index is 13.3. The van der Waals surface area contributed by atoms with Crippen molar-refractivity contribution in [1.82, 2.24) is 19.0 Å². The average molecular weight is 457 g/mol. The molecule has 0 aliphatic carbocycles. The Morgan fingerprint density at radius 1 is 0.906 bits per heavy atom. The fourth-order valence-electron chi connectivity index (χ4n) is 4.82. The van der Waals surface area contributed by atoms with Crippen LogP contribution in [-0.4, -0.2) is 92.1 Å². The van der Waals surface area contributed by atoms with Gasteiger partial charge in [-0.15, -0.1) is 0 Å². The molecule has 2 heterocycles. The number of carbonyl (C=O) groups excluding carboxylic acids is 1. The van der Waals surface area contributed by atoms with Crippen LogP contribution in [0.15, 0.2) is 60.7 Å².